The van der Waals surface area contributed by atoms with Crippen molar-refractivity contribution in [1.29, 1.82) is 0 Å². The summed E-state index contributed by atoms with van der Waals surface area (Å²) in [5.74, 6) is -0.0959. The van der Waals surface area contributed by atoms with Gasteiger partial charge in [-0.15, -0.1) is 0 Å². The maximum absolute atomic E-state index is 12.4. The van der Waals surface area contributed by atoms with E-state index in [1.54, 1.807) is 32.4 Å². The van der Waals surface area contributed by atoms with Crippen molar-refractivity contribution in [3.05, 3.63) is 28.7 Å². The van der Waals surface area contributed by atoms with Crippen molar-refractivity contribution < 1.29 is 14.3 Å². The first-order valence-corrected chi connectivity index (χ1v) is 7.61. The third-order valence-corrected chi connectivity index (χ3v) is 3.82. The molecule has 1 aliphatic rings. The van der Waals surface area contributed by atoms with Crippen molar-refractivity contribution in [1.82, 2.24) is 14.5 Å². The summed E-state index contributed by atoms with van der Waals surface area (Å²) in [6.07, 6.45) is 0.561. The SMILES string of the molecule is CC.COc1ccc2c(c1)n(C)c(=O)n2C1CCC(=O)NC1=O. The second-order valence-electron chi connectivity index (χ2n) is 5.03. The predicted octanol–water partition coefficient (Wildman–Crippen LogP) is 1.35. The second kappa shape index (κ2) is 6.68. The molecule has 0 aliphatic carbocycles. The Morgan fingerprint density at radius 1 is 1.17 bits per heavy atom. The highest BCUT2D eigenvalue weighted by Gasteiger charge is 2.31. The minimum absolute atomic E-state index is 0.232. The average molecular weight is 319 g/mol. The molecule has 1 aromatic heterocycles. The summed E-state index contributed by atoms with van der Waals surface area (Å²) in [6.45, 7) is 4.00. The van der Waals surface area contributed by atoms with Gasteiger partial charge in [0.25, 0.3) is 0 Å². The lowest BCUT2D eigenvalue weighted by molar-refractivity contribution is -0.135. The molecule has 0 saturated carbocycles. The van der Waals surface area contributed by atoms with E-state index < -0.39 is 11.9 Å². The van der Waals surface area contributed by atoms with Gasteiger partial charge in [-0.1, -0.05) is 13.8 Å². The van der Waals surface area contributed by atoms with Gasteiger partial charge >= 0.3 is 5.69 Å². The van der Waals surface area contributed by atoms with Gasteiger partial charge in [-0.25, -0.2) is 4.79 Å². The molecule has 2 amide bonds. The third-order valence-electron chi connectivity index (χ3n) is 3.82. The number of amides is 2. The Labute approximate surface area is 133 Å². The highest BCUT2D eigenvalue weighted by Crippen LogP contribution is 2.25. The van der Waals surface area contributed by atoms with E-state index in [4.69, 9.17) is 4.74 Å². The number of carbonyl (C=O) groups excluding carboxylic acids is 2. The largest absolute Gasteiger partial charge is 0.497 e. The number of imidazole rings is 1. The number of hydrogen-bond acceptors (Lipinski definition) is 4. The molecule has 0 radical (unpaired) electrons. The molecule has 0 spiro atoms. The highest BCUT2D eigenvalue weighted by atomic mass is 16.5. The predicted molar refractivity (Wildman–Crippen MR) is 86.5 cm³/mol. The third kappa shape index (κ3) is 2.86. The summed E-state index contributed by atoms with van der Waals surface area (Å²) in [7, 11) is 3.20. The molecule has 7 heteroatoms. The van der Waals surface area contributed by atoms with Crippen LogP contribution in [-0.4, -0.2) is 28.1 Å². The number of imide groups is 1. The van der Waals surface area contributed by atoms with Gasteiger partial charge in [0, 0.05) is 19.5 Å². The molecular formula is C16H21N3O4. The number of nitrogens with zero attached hydrogens (tertiary/aromatic N) is 2. The van der Waals surface area contributed by atoms with Crippen LogP contribution in [0.1, 0.15) is 32.7 Å². The Balaban J connectivity index is 0.000000924. The minimum Gasteiger partial charge on any atom is -0.497 e. The number of methoxy groups -OCH3 is 1. The number of carbonyl (C=O) groups is 2. The topological polar surface area (TPSA) is 82.3 Å². The summed E-state index contributed by atoms with van der Waals surface area (Å²) in [4.78, 5) is 35.7. The Morgan fingerprint density at radius 2 is 1.87 bits per heavy atom. The standard InChI is InChI=1S/C14H15N3O4.C2H6/c1-16-11-7-8(21-2)3-4-9(11)17(14(16)20)10-5-6-12(18)15-13(10)19;1-2/h3-4,7,10H,5-6H2,1-2H3,(H,15,18,19);1-2H3. The summed E-state index contributed by atoms with van der Waals surface area (Å²) in [6, 6.07) is 4.58. The zero-order valence-electron chi connectivity index (χ0n) is 13.8. The quantitative estimate of drug-likeness (QED) is 0.847. The molecule has 23 heavy (non-hydrogen) atoms. The summed E-state index contributed by atoms with van der Waals surface area (Å²) in [5.41, 5.74) is 1.05. The molecule has 0 bridgehead atoms. The first-order valence-electron chi connectivity index (χ1n) is 7.61. The Morgan fingerprint density at radius 3 is 2.48 bits per heavy atom. The highest BCUT2D eigenvalue weighted by molar-refractivity contribution is 6.00. The van der Waals surface area contributed by atoms with Crippen molar-refractivity contribution in [2.45, 2.75) is 32.7 Å². The molecule has 1 aliphatic heterocycles. The van der Waals surface area contributed by atoms with Crippen molar-refractivity contribution in [3.8, 4) is 5.75 Å². The molecule has 1 atom stereocenters. The normalized spacial score (nSPS) is 17.5. The number of ether oxygens (including phenoxy) is 1. The molecule has 1 saturated heterocycles. The molecule has 1 fully saturated rings. The molecule has 1 aromatic carbocycles. The van der Waals surface area contributed by atoms with Crippen molar-refractivity contribution in [2.75, 3.05) is 7.11 Å². The van der Waals surface area contributed by atoms with E-state index in [0.717, 1.165) is 0 Å². The summed E-state index contributed by atoms with van der Waals surface area (Å²) >= 11 is 0. The lowest BCUT2D eigenvalue weighted by Gasteiger charge is -2.21. The zero-order valence-corrected chi connectivity index (χ0v) is 13.8. The number of nitrogens with one attached hydrogen (secondary N) is 1. The van der Waals surface area contributed by atoms with Crippen LogP contribution in [0.25, 0.3) is 11.0 Å². The van der Waals surface area contributed by atoms with E-state index in [1.807, 2.05) is 13.8 Å². The minimum atomic E-state index is -0.660. The fourth-order valence-corrected chi connectivity index (χ4v) is 2.70. The Kier molecular flexibility index (Phi) is 4.88. The Bertz CT molecular complexity index is 803. The molecule has 1 N–H and O–H groups in total. The number of aryl methyl sites for hydroxylation is 1. The molecule has 2 heterocycles. The zero-order chi connectivity index (χ0) is 17.1. The van der Waals surface area contributed by atoms with E-state index in [9.17, 15) is 14.4 Å². The summed E-state index contributed by atoms with van der Waals surface area (Å²) in [5, 5.41) is 2.28. The van der Waals surface area contributed by atoms with Crippen LogP contribution < -0.4 is 15.7 Å². The van der Waals surface area contributed by atoms with Crippen LogP contribution in [-0.2, 0) is 16.6 Å². The lowest BCUT2D eigenvalue weighted by atomic mass is 10.1. The fraction of sp³-hybridized carbons (Fsp3) is 0.438. The fourth-order valence-electron chi connectivity index (χ4n) is 2.70. The molecular weight excluding hydrogens is 298 g/mol. The maximum atomic E-state index is 12.4. The van der Waals surface area contributed by atoms with E-state index >= 15 is 0 Å². The van der Waals surface area contributed by atoms with E-state index in [2.05, 4.69) is 5.32 Å². The van der Waals surface area contributed by atoms with E-state index in [1.165, 1.54) is 9.13 Å². The smallest absolute Gasteiger partial charge is 0.329 e. The van der Waals surface area contributed by atoms with Crippen molar-refractivity contribution >= 4 is 22.8 Å². The number of benzene rings is 1. The number of hydrogen-bond donors (Lipinski definition) is 1. The van der Waals surface area contributed by atoms with Crippen LogP contribution in [0.2, 0.25) is 0 Å². The van der Waals surface area contributed by atoms with Gasteiger partial charge < -0.3 is 4.74 Å². The van der Waals surface area contributed by atoms with Gasteiger partial charge in [-0.3, -0.25) is 24.0 Å². The van der Waals surface area contributed by atoms with Gasteiger partial charge in [0.15, 0.2) is 0 Å². The first-order chi connectivity index (χ1) is 11.0. The van der Waals surface area contributed by atoms with Gasteiger partial charge in [0.1, 0.15) is 11.8 Å². The van der Waals surface area contributed by atoms with E-state index in [0.29, 0.717) is 23.2 Å². The van der Waals surface area contributed by atoms with Crippen molar-refractivity contribution in [2.24, 2.45) is 7.05 Å². The van der Waals surface area contributed by atoms with Crippen LogP contribution in [0.4, 0.5) is 0 Å². The van der Waals surface area contributed by atoms with Gasteiger partial charge in [-0.05, 0) is 18.6 Å². The molecule has 1 unspecified atom stereocenters. The Hall–Kier alpha value is -2.57. The number of piperidine rings is 1. The monoisotopic (exact) mass is 319 g/mol. The van der Waals surface area contributed by atoms with Crippen LogP contribution in [0.3, 0.4) is 0 Å². The van der Waals surface area contributed by atoms with Gasteiger partial charge in [-0.2, -0.15) is 0 Å². The van der Waals surface area contributed by atoms with Crippen LogP contribution in [0.15, 0.2) is 23.0 Å². The maximum Gasteiger partial charge on any atom is 0.329 e. The second-order valence-corrected chi connectivity index (χ2v) is 5.03. The van der Waals surface area contributed by atoms with Gasteiger partial charge in [0.05, 0.1) is 18.1 Å². The van der Waals surface area contributed by atoms with Gasteiger partial charge in [0.2, 0.25) is 11.8 Å². The van der Waals surface area contributed by atoms with Crippen LogP contribution >= 0.6 is 0 Å². The van der Waals surface area contributed by atoms with E-state index in [-0.39, 0.29) is 18.0 Å². The number of rotatable bonds is 2. The molecule has 3 rings (SSSR count). The molecule has 2 aromatic rings. The van der Waals surface area contributed by atoms with Crippen molar-refractivity contribution in [3.63, 3.8) is 0 Å². The lowest BCUT2D eigenvalue weighted by Crippen LogP contribution is -2.44. The average Bonchev–Trinajstić information content (AvgIpc) is 2.81. The van der Waals surface area contributed by atoms with Crippen LogP contribution in [0, 0.1) is 0 Å². The first kappa shape index (κ1) is 16.8. The number of aromatic nitrogens is 2. The van der Waals surface area contributed by atoms with Crippen LogP contribution in [0.5, 0.6) is 5.75 Å². The number of fused-ring (bicyclic) bond motifs is 1. The molecule has 124 valence electrons. The summed E-state index contributed by atoms with van der Waals surface area (Å²) < 4.78 is 8.07. The molecule has 7 nitrogen and oxygen atoms in total.